The van der Waals surface area contributed by atoms with Crippen molar-refractivity contribution in [2.24, 2.45) is 0 Å². The second kappa shape index (κ2) is 10.3. The van der Waals surface area contributed by atoms with Crippen LogP contribution < -0.4 is 4.90 Å². The van der Waals surface area contributed by atoms with Crippen LogP contribution in [0, 0.1) is 21.4 Å². The molecule has 35 heavy (non-hydrogen) atoms. The minimum Gasteiger partial charge on any atom is -0.326 e. The molecule has 9 heteroatoms. The SMILES string of the molecule is N#Cc1ccc(N2C(=O)CC(N(CCC3=CCCCC3)C(=O)c3ccc([N+](=O)[O-])cc3)C2=O)cc1. The zero-order valence-electron chi connectivity index (χ0n) is 19.1. The van der Waals surface area contributed by atoms with E-state index in [2.05, 4.69) is 6.08 Å². The van der Waals surface area contributed by atoms with Crippen LogP contribution in [0.5, 0.6) is 0 Å². The van der Waals surface area contributed by atoms with Gasteiger partial charge in [-0.1, -0.05) is 11.6 Å². The molecule has 178 valence electrons. The molecule has 0 aromatic heterocycles. The molecule has 1 aliphatic carbocycles. The average molecular weight is 473 g/mol. The van der Waals surface area contributed by atoms with Gasteiger partial charge < -0.3 is 4.90 Å². The molecule has 1 aliphatic heterocycles. The topological polar surface area (TPSA) is 125 Å². The number of allylic oxidation sites excluding steroid dienone is 1. The van der Waals surface area contributed by atoms with Crippen molar-refractivity contribution in [2.75, 3.05) is 11.4 Å². The highest BCUT2D eigenvalue weighted by atomic mass is 16.6. The number of hydrogen-bond acceptors (Lipinski definition) is 6. The number of hydrogen-bond donors (Lipinski definition) is 0. The highest BCUT2D eigenvalue weighted by Gasteiger charge is 2.44. The van der Waals surface area contributed by atoms with Crippen molar-refractivity contribution < 1.29 is 19.3 Å². The lowest BCUT2D eigenvalue weighted by molar-refractivity contribution is -0.384. The van der Waals surface area contributed by atoms with Crippen LogP contribution in [0.4, 0.5) is 11.4 Å². The van der Waals surface area contributed by atoms with E-state index in [9.17, 15) is 24.5 Å². The quantitative estimate of drug-likeness (QED) is 0.258. The number of carbonyl (C=O) groups is 3. The lowest BCUT2D eigenvalue weighted by Crippen LogP contribution is -2.46. The molecule has 2 aromatic rings. The molecule has 3 amide bonds. The Morgan fingerprint density at radius 1 is 1.11 bits per heavy atom. The molecule has 1 unspecified atom stereocenters. The van der Waals surface area contributed by atoms with Crippen molar-refractivity contribution >= 4 is 29.1 Å². The first-order chi connectivity index (χ1) is 16.9. The first kappa shape index (κ1) is 23.8. The van der Waals surface area contributed by atoms with Gasteiger partial charge in [-0.25, -0.2) is 4.90 Å². The number of carbonyl (C=O) groups excluding carboxylic acids is 3. The van der Waals surface area contributed by atoms with E-state index >= 15 is 0 Å². The number of imide groups is 1. The van der Waals surface area contributed by atoms with Crippen molar-refractivity contribution in [3.63, 3.8) is 0 Å². The molecule has 4 rings (SSSR count). The fourth-order valence-electron chi connectivity index (χ4n) is 4.50. The van der Waals surface area contributed by atoms with E-state index in [4.69, 9.17) is 5.26 Å². The highest BCUT2D eigenvalue weighted by molar-refractivity contribution is 6.23. The zero-order valence-corrected chi connectivity index (χ0v) is 19.1. The van der Waals surface area contributed by atoms with Gasteiger partial charge in [0.25, 0.3) is 17.5 Å². The predicted octanol–water partition coefficient (Wildman–Crippen LogP) is 4.13. The summed E-state index contributed by atoms with van der Waals surface area (Å²) < 4.78 is 0. The summed E-state index contributed by atoms with van der Waals surface area (Å²) >= 11 is 0. The minimum atomic E-state index is -0.981. The van der Waals surface area contributed by atoms with Gasteiger partial charge in [0.2, 0.25) is 5.91 Å². The third-order valence-electron chi connectivity index (χ3n) is 6.40. The van der Waals surface area contributed by atoms with E-state index in [0.29, 0.717) is 17.7 Å². The normalized spacial score (nSPS) is 17.6. The standard InChI is InChI=1S/C26H24N4O5/c27-17-19-6-10-21(11-7-19)29-24(31)16-23(26(29)33)28(15-14-18-4-2-1-3-5-18)25(32)20-8-12-22(13-9-20)30(34)35/h4,6-13,23H,1-3,5,14-16H2. The summed E-state index contributed by atoms with van der Waals surface area (Å²) in [5.74, 6) is -1.39. The molecule has 9 nitrogen and oxygen atoms in total. The summed E-state index contributed by atoms with van der Waals surface area (Å²) in [6.45, 7) is 0.256. The number of nitriles is 1. The Kier molecular flexibility index (Phi) is 7.01. The maximum absolute atomic E-state index is 13.5. The Hall–Kier alpha value is -4.32. The number of nitrogens with zero attached hydrogens (tertiary/aromatic N) is 4. The highest BCUT2D eigenvalue weighted by Crippen LogP contribution is 2.29. The summed E-state index contributed by atoms with van der Waals surface area (Å²) in [5.41, 5.74) is 2.04. The minimum absolute atomic E-state index is 0.139. The second-order valence-electron chi connectivity index (χ2n) is 8.61. The second-order valence-corrected chi connectivity index (χ2v) is 8.61. The first-order valence-electron chi connectivity index (χ1n) is 11.5. The number of rotatable bonds is 7. The van der Waals surface area contributed by atoms with Crippen LogP contribution in [0.15, 0.2) is 60.2 Å². The molecule has 0 N–H and O–H groups in total. The van der Waals surface area contributed by atoms with E-state index in [1.807, 2.05) is 6.07 Å². The van der Waals surface area contributed by atoms with Gasteiger partial charge in [-0.05, 0) is 68.5 Å². The smallest absolute Gasteiger partial charge is 0.269 e. The number of nitro benzene ring substituents is 1. The summed E-state index contributed by atoms with van der Waals surface area (Å²) in [4.78, 5) is 52.6. The molecule has 0 radical (unpaired) electrons. The summed E-state index contributed by atoms with van der Waals surface area (Å²) in [6.07, 6.45) is 6.74. The molecule has 2 aliphatic rings. The molecule has 0 spiro atoms. The van der Waals surface area contributed by atoms with Gasteiger partial charge in [0.05, 0.1) is 28.7 Å². The summed E-state index contributed by atoms with van der Waals surface area (Å²) in [7, 11) is 0. The van der Waals surface area contributed by atoms with Gasteiger partial charge in [-0.3, -0.25) is 24.5 Å². The molecular weight excluding hydrogens is 448 g/mol. The average Bonchev–Trinajstić information content (AvgIpc) is 3.18. The summed E-state index contributed by atoms with van der Waals surface area (Å²) in [5, 5.41) is 20.0. The van der Waals surface area contributed by atoms with Crippen molar-refractivity contribution in [1.29, 1.82) is 5.26 Å². The van der Waals surface area contributed by atoms with Crippen molar-refractivity contribution in [3.05, 3.63) is 81.4 Å². The van der Waals surface area contributed by atoms with Gasteiger partial charge in [-0.15, -0.1) is 0 Å². The van der Waals surface area contributed by atoms with Crippen molar-refractivity contribution in [2.45, 2.75) is 44.6 Å². The number of nitro groups is 1. The first-order valence-corrected chi connectivity index (χ1v) is 11.5. The maximum atomic E-state index is 13.5. The van der Waals surface area contributed by atoms with E-state index in [1.165, 1.54) is 59.0 Å². The number of amides is 3. The van der Waals surface area contributed by atoms with Gasteiger partial charge in [-0.2, -0.15) is 5.26 Å². The number of non-ortho nitro benzene ring substituents is 1. The van der Waals surface area contributed by atoms with E-state index < -0.39 is 28.7 Å². The Balaban J connectivity index is 1.61. The van der Waals surface area contributed by atoms with Crippen LogP contribution >= 0.6 is 0 Å². The van der Waals surface area contributed by atoms with Gasteiger partial charge in [0.1, 0.15) is 6.04 Å². The van der Waals surface area contributed by atoms with Gasteiger partial charge >= 0.3 is 0 Å². The molecule has 0 saturated carbocycles. The monoisotopic (exact) mass is 472 g/mol. The van der Waals surface area contributed by atoms with Crippen molar-refractivity contribution in [1.82, 2.24) is 4.90 Å². The largest absolute Gasteiger partial charge is 0.326 e. The van der Waals surface area contributed by atoms with E-state index in [1.54, 1.807) is 0 Å². The molecule has 2 aromatic carbocycles. The summed E-state index contributed by atoms with van der Waals surface area (Å²) in [6, 6.07) is 12.4. The van der Waals surface area contributed by atoms with Crippen LogP contribution in [0.1, 0.15) is 54.4 Å². The maximum Gasteiger partial charge on any atom is 0.269 e. The number of anilines is 1. The van der Waals surface area contributed by atoms with Crippen LogP contribution in [0.3, 0.4) is 0 Å². The Morgan fingerprint density at radius 2 is 1.83 bits per heavy atom. The third-order valence-corrected chi connectivity index (χ3v) is 6.40. The lowest BCUT2D eigenvalue weighted by atomic mass is 9.96. The number of benzene rings is 2. The van der Waals surface area contributed by atoms with E-state index in [0.717, 1.165) is 30.6 Å². The molecule has 1 atom stereocenters. The molecule has 1 heterocycles. The molecular formula is C26H24N4O5. The Bertz CT molecular complexity index is 1230. The Morgan fingerprint density at radius 3 is 2.43 bits per heavy atom. The van der Waals surface area contributed by atoms with Crippen LogP contribution in [-0.2, 0) is 9.59 Å². The fourth-order valence-corrected chi connectivity index (χ4v) is 4.50. The van der Waals surface area contributed by atoms with E-state index in [-0.39, 0.29) is 24.2 Å². The molecule has 1 saturated heterocycles. The predicted molar refractivity (Wildman–Crippen MR) is 127 cm³/mol. The Labute approximate surface area is 202 Å². The van der Waals surface area contributed by atoms with Gasteiger partial charge in [0.15, 0.2) is 0 Å². The fraction of sp³-hybridized carbons (Fsp3) is 0.308. The van der Waals surface area contributed by atoms with Crippen LogP contribution in [-0.4, -0.2) is 40.1 Å². The third kappa shape index (κ3) is 5.11. The lowest BCUT2D eigenvalue weighted by Gasteiger charge is -2.28. The zero-order chi connectivity index (χ0) is 24.9. The molecule has 0 bridgehead atoms. The van der Waals surface area contributed by atoms with Crippen LogP contribution in [0.2, 0.25) is 0 Å². The van der Waals surface area contributed by atoms with Crippen molar-refractivity contribution in [3.8, 4) is 6.07 Å². The van der Waals surface area contributed by atoms with Crippen LogP contribution in [0.25, 0.3) is 0 Å². The van der Waals surface area contributed by atoms with Gasteiger partial charge in [0, 0.05) is 24.2 Å². The molecule has 1 fully saturated rings.